The largest absolute Gasteiger partial charge is 0.388 e. The third-order valence-electron chi connectivity index (χ3n) is 6.96. The fourth-order valence-corrected chi connectivity index (χ4v) is 5.84. The first-order valence-corrected chi connectivity index (χ1v) is 16.3. The van der Waals surface area contributed by atoms with Crippen LogP contribution in [0, 0.1) is 0 Å². The van der Waals surface area contributed by atoms with E-state index in [0.717, 1.165) is 6.42 Å². The average Bonchev–Trinajstić information content (AvgIpc) is 3.84. The second-order valence-electron chi connectivity index (χ2n) is 9.91. The number of aliphatic hydroxyl groups excluding tert-OH is 1. The second-order valence-corrected chi connectivity index (χ2v) is 11.5. The zero-order valence-electron chi connectivity index (χ0n) is 25.4. The maximum absolute atomic E-state index is 11.8. The normalized spacial score (nSPS) is 24.8. The van der Waals surface area contributed by atoms with Crippen LogP contribution in [-0.2, 0) is 47.0 Å². The third-order valence-corrected chi connectivity index (χ3v) is 8.42. The van der Waals surface area contributed by atoms with Crippen molar-refractivity contribution in [2.24, 2.45) is 0 Å². The number of hydrogen-bond donors (Lipinski definition) is 5. The van der Waals surface area contributed by atoms with Crippen molar-refractivity contribution >= 4 is 61.3 Å². The molecule has 0 aliphatic carbocycles. The zero-order valence-corrected chi connectivity index (χ0v) is 28.4. The SMILES string of the molecule is COC1C(O)[C@@H](C)O[C@H]1n1cnc2c(=O)[nH]c(N)nc21.COOPOOPOOPOCC1CCC(n2cnc3c(=O)[nH]c(N)nc32)O1. The van der Waals surface area contributed by atoms with Gasteiger partial charge in [-0.15, -0.1) is 0 Å². The van der Waals surface area contributed by atoms with Crippen LogP contribution < -0.4 is 22.6 Å². The summed E-state index contributed by atoms with van der Waals surface area (Å²) in [7, 11) is 1.54. The van der Waals surface area contributed by atoms with Gasteiger partial charge in [-0.2, -0.15) is 33.3 Å². The van der Waals surface area contributed by atoms with Gasteiger partial charge in [-0.1, -0.05) is 0 Å². The van der Waals surface area contributed by atoms with Gasteiger partial charge in [0.2, 0.25) is 30.0 Å². The minimum absolute atomic E-state index is 0.00943. The quantitative estimate of drug-likeness (QED) is 0.0506. The summed E-state index contributed by atoms with van der Waals surface area (Å²) < 4.78 is 48.5. The molecule has 2 aliphatic heterocycles. The lowest BCUT2D eigenvalue weighted by Gasteiger charge is -2.19. The van der Waals surface area contributed by atoms with Gasteiger partial charge in [0.15, 0.2) is 37.6 Å². The number of nitrogen functional groups attached to an aromatic ring is 2. The summed E-state index contributed by atoms with van der Waals surface area (Å²) in [4.78, 5) is 48.9. The van der Waals surface area contributed by atoms with E-state index >= 15 is 0 Å². The number of rotatable bonds is 14. The Morgan fingerprint density at radius 1 is 0.896 bits per heavy atom. The number of aromatic nitrogens is 8. The highest BCUT2D eigenvalue weighted by Gasteiger charge is 2.43. The molecule has 6 heterocycles. The van der Waals surface area contributed by atoms with Crippen LogP contribution in [0.5, 0.6) is 0 Å². The van der Waals surface area contributed by atoms with E-state index in [4.69, 9.17) is 39.6 Å². The Hall–Kier alpha value is -2.85. The molecule has 2 saturated heterocycles. The highest BCUT2D eigenvalue weighted by atomic mass is 31.1. The Morgan fingerprint density at radius 2 is 1.48 bits per heavy atom. The van der Waals surface area contributed by atoms with Crippen LogP contribution in [-0.4, -0.2) is 89.4 Å². The first kappa shape index (κ1) is 36.4. The van der Waals surface area contributed by atoms with Crippen molar-refractivity contribution in [3.63, 3.8) is 0 Å². The summed E-state index contributed by atoms with van der Waals surface area (Å²) in [5.41, 5.74) is 11.4. The fraction of sp³-hybridized carbons (Fsp3) is 0.545. The molecule has 0 bridgehead atoms. The Bertz CT molecular complexity index is 1760. The van der Waals surface area contributed by atoms with Crippen LogP contribution in [0.1, 0.15) is 32.2 Å². The highest BCUT2D eigenvalue weighted by molar-refractivity contribution is 7.29. The van der Waals surface area contributed by atoms with Crippen molar-refractivity contribution in [1.29, 1.82) is 0 Å². The molecule has 4 aromatic heterocycles. The van der Waals surface area contributed by atoms with Gasteiger partial charge in [0, 0.05) is 7.11 Å². The number of aromatic amines is 2. The Kier molecular flexibility index (Phi) is 13.0. The third kappa shape index (κ3) is 8.65. The highest BCUT2D eigenvalue weighted by Crippen LogP contribution is 2.34. The molecular weight excluding hydrogens is 705 g/mol. The Balaban J connectivity index is 0.000000198. The smallest absolute Gasteiger partial charge is 0.280 e. The number of imidazole rings is 2. The molecule has 2 aliphatic rings. The van der Waals surface area contributed by atoms with Gasteiger partial charge >= 0.3 is 0 Å². The van der Waals surface area contributed by atoms with Crippen molar-refractivity contribution in [1.82, 2.24) is 39.0 Å². The van der Waals surface area contributed by atoms with E-state index in [1.165, 1.54) is 26.9 Å². The Labute approximate surface area is 274 Å². The number of aliphatic hydroxyl groups is 1. The first-order valence-electron chi connectivity index (χ1n) is 13.9. The van der Waals surface area contributed by atoms with Gasteiger partial charge < -0.3 is 35.3 Å². The van der Waals surface area contributed by atoms with Gasteiger partial charge in [0.1, 0.15) is 18.4 Å². The molecule has 7 unspecified atom stereocenters. The fourth-order valence-electron chi connectivity index (χ4n) is 4.87. The molecule has 0 saturated carbocycles. The molecule has 6 rings (SSSR count). The predicted octanol–water partition coefficient (Wildman–Crippen LogP) is 0.391. The average molecular weight is 738 g/mol. The van der Waals surface area contributed by atoms with Crippen LogP contribution in [0.3, 0.4) is 0 Å². The van der Waals surface area contributed by atoms with Crippen molar-refractivity contribution in [3.8, 4) is 0 Å². The van der Waals surface area contributed by atoms with Gasteiger partial charge in [-0.05, 0) is 19.8 Å². The summed E-state index contributed by atoms with van der Waals surface area (Å²) in [6, 6.07) is 0. The maximum Gasteiger partial charge on any atom is 0.280 e. The molecule has 0 aromatic carbocycles. The molecule has 23 nitrogen and oxygen atoms in total. The summed E-state index contributed by atoms with van der Waals surface area (Å²) in [5.74, 6) is 0.0158. The number of ether oxygens (including phenoxy) is 3. The van der Waals surface area contributed by atoms with Crippen LogP contribution in [0.25, 0.3) is 22.3 Å². The lowest BCUT2D eigenvalue weighted by atomic mass is 10.1. The van der Waals surface area contributed by atoms with Crippen LogP contribution in [0.2, 0.25) is 0 Å². The topological polar surface area (TPSA) is 292 Å². The molecular formula is C22H33N10O13P3. The molecule has 0 radical (unpaired) electrons. The van der Waals surface area contributed by atoms with Crippen LogP contribution >= 0.6 is 27.1 Å². The lowest BCUT2D eigenvalue weighted by Crippen LogP contribution is -2.32. The van der Waals surface area contributed by atoms with Gasteiger partial charge in [-0.3, -0.25) is 28.7 Å². The summed E-state index contributed by atoms with van der Waals surface area (Å²) >= 11 is 0. The number of nitrogens with one attached hydrogen (secondary N) is 2. The standard InChI is InChI=1S/C11H18N5O9P3.C11H15N5O4/c1-18-21-27-24-25-28-23-22-26-19-4-6-2-3-7(20-6)16-5-13-8-9(16)14-11(12)15-10(8)17;1-4-6(17)7(19-2)10(20-4)16-3-13-5-8(16)14-11(12)15-9(5)18/h5-7,26-28H,2-4H2,1H3,(H3,12,14,15,17);3-4,6-7,10,17H,1-2H3,(H3,12,14,15,18)/t;4-,6?,7?,10-/m.1/s1. The van der Waals surface area contributed by atoms with Crippen LogP contribution in [0.15, 0.2) is 22.2 Å². The van der Waals surface area contributed by atoms with E-state index in [-0.39, 0.29) is 49.9 Å². The van der Waals surface area contributed by atoms with E-state index in [2.05, 4.69) is 48.8 Å². The summed E-state index contributed by atoms with van der Waals surface area (Å²) in [6.07, 6.45) is 1.58. The van der Waals surface area contributed by atoms with E-state index in [1.54, 1.807) is 16.1 Å². The molecule has 264 valence electrons. The molecule has 9 atom stereocenters. The molecule has 2 fully saturated rings. The number of fused-ring (bicyclic) bond motifs is 2. The molecule has 48 heavy (non-hydrogen) atoms. The van der Waals surface area contributed by atoms with E-state index in [0.29, 0.717) is 24.3 Å². The molecule has 0 amide bonds. The summed E-state index contributed by atoms with van der Waals surface area (Å²) in [6.45, 7) is 2.05. The summed E-state index contributed by atoms with van der Waals surface area (Å²) in [5, 5.41) is 10.0. The van der Waals surface area contributed by atoms with Crippen molar-refractivity contribution in [3.05, 3.63) is 33.4 Å². The minimum Gasteiger partial charge on any atom is -0.388 e. The predicted molar refractivity (Wildman–Crippen MR) is 168 cm³/mol. The number of nitrogens with two attached hydrogens (primary N) is 2. The van der Waals surface area contributed by atoms with Gasteiger partial charge in [0.25, 0.3) is 11.1 Å². The lowest BCUT2D eigenvalue weighted by molar-refractivity contribution is -0.202. The van der Waals surface area contributed by atoms with Gasteiger partial charge in [-0.25, -0.2) is 14.9 Å². The molecule has 4 aromatic rings. The van der Waals surface area contributed by atoms with E-state index in [1.807, 2.05) is 0 Å². The van der Waals surface area contributed by atoms with Gasteiger partial charge in [0.05, 0.1) is 38.6 Å². The number of hydrogen-bond acceptors (Lipinski definition) is 19. The number of anilines is 2. The second kappa shape index (κ2) is 17.2. The molecule has 0 spiro atoms. The monoisotopic (exact) mass is 738 g/mol. The molecule has 26 heteroatoms. The van der Waals surface area contributed by atoms with Crippen molar-refractivity contribution in [2.75, 3.05) is 32.3 Å². The minimum atomic E-state index is -0.776. The van der Waals surface area contributed by atoms with Crippen molar-refractivity contribution < 1.29 is 52.1 Å². The zero-order chi connectivity index (χ0) is 34.2. The number of H-pyrrole nitrogens is 2. The number of nitrogens with zero attached hydrogens (tertiary/aromatic N) is 6. The number of methoxy groups -OCH3 is 1. The maximum atomic E-state index is 11.8. The Morgan fingerprint density at radius 3 is 2.10 bits per heavy atom. The van der Waals surface area contributed by atoms with E-state index < -0.39 is 48.2 Å². The first-order chi connectivity index (χ1) is 23.2. The van der Waals surface area contributed by atoms with E-state index in [9.17, 15) is 14.7 Å². The molecule has 7 N–H and O–H groups in total. The van der Waals surface area contributed by atoms with Crippen molar-refractivity contribution in [2.45, 2.75) is 56.6 Å². The van der Waals surface area contributed by atoms with Crippen LogP contribution in [0.4, 0.5) is 11.9 Å².